The molecule has 1 aliphatic heterocycles. The molecule has 27 heavy (non-hydrogen) atoms. The van der Waals surface area contributed by atoms with Gasteiger partial charge in [0.2, 0.25) is 6.29 Å². The Morgan fingerprint density at radius 3 is 2.33 bits per heavy atom. The Balaban J connectivity index is 1.65. The fraction of sp³-hybridized carbons (Fsp3) is 0.316. The molecule has 2 aromatic rings. The van der Waals surface area contributed by atoms with Crippen molar-refractivity contribution in [3.05, 3.63) is 63.2 Å². The van der Waals surface area contributed by atoms with Crippen molar-refractivity contribution in [2.75, 3.05) is 14.2 Å². The molecular formula is C19H19NO7. The molecule has 3 rings (SSSR count). The van der Waals surface area contributed by atoms with Gasteiger partial charge in [0.25, 0.3) is 5.69 Å². The number of methoxy groups -OCH3 is 2. The minimum atomic E-state index is -0.732. The second kappa shape index (κ2) is 8.05. The van der Waals surface area contributed by atoms with Gasteiger partial charge in [-0.05, 0) is 17.7 Å². The molecule has 1 aliphatic rings. The zero-order valence-corrected chi connectivity index (χ0v) is 15.0. The number of hydrogen-bond donors (Lipinski definition) is 0. The average molecular weight is 373 g/mol. The maximum atomic E-state index is 12.2. The van der Waals surface area contributed by atoms with Gasteiger partial charge in [-0.15, -0.1) is 0 Å². The molecular weight excluding hydrogens is 354 g/mol. The summed E-state index contributed by atoms with van der Waals surface area (Å²) in [4.78, 5) is 22.4. The number of rotatable bonds is 6. The third-order valence-electron chi connectivity index (χ3n) is 4.33. The second-order valence-electron chi connectivity index (χ2n) is 5.96. The van der Waals surface area contributed by atoms with Crippen LogP contribution >= 0.6 is 0 Å². The summed E-state index contributed by atoms with van der Waals surface area (Å²) in [6.45, 7) is 0.241. The molecule has 1 unspecified atom stereocenters. The normalized spacial score (nSPS) is 15.6. The summed E-state index contributed by atoms with van der Waals surface area (Å²) in [5.74, 6) is 0.908. The lowest BCUT2D eigenvalue weighted by Gasteiger charge is -2.27. The predicted molar refractivity (Wildman–Crippen MR) is 94.7 cm³/mol. The van der Waals surface area contributed by atoms with Gasteiger partial charge in [0.1, 0.15) is 11.5 Å². The van der Waals surface area contributed by atoms with E-state index < -0.39 is 17.2 Å². The number of nitro groups is 1. The van der Waals surface area contributed by atoms with Crippen LogP contribution in [-0.2, 0) is 33.7 Å². The quantitative estimate of drug-likeness (QED) is 0.436. The van der Waals surface area contributed by atoms with Gasteiger partial charge in [0.15, 0.2) is 0 Å². The number of carbonyl (C=O) groups excluding carboxylic acids is 1. The molecule has 0 spiro atoms. The summed E-state index contributed by atoms with van der Waals surface area (Å²) in [5.41, 5.74) is 2.36. The summed E-state index contributed by atoms with van der Waals surface area (Å²) in [6, 6.07) is 9.38. The summed E-state index contributed by atoms with van der Waals surface area (Å²) in [5, 5.41) is 10.7. The van der Waals surface area contributed by atoms with Crippen LogP contribution in [0.1, 0.15) is 16.7 Å². The Morgan fingerprint density at radius 1 is 1.11 bits per heavy atom. The molecule has 0 fully saturated rings. The zero-order chi connectivity index (χ0) is 19.4. The molecule has 0 aliphatic carbocycles. The number of ether oxygens (including phenoxy) is 4. The second-order valence-corrected chi connectivity index (χ2v) is 5.96. The van der Waals surface area contributed by atoms with E-state index in [1.807, 2.05) is 6.07 Å². The first-order valence-electron chi connectivity index (χ1n) is 8.29. The lowest BCUT2D eigenvalue weighted by atomic mass is 10.00. The van der Waals surface area contributed by atoms with Gasteiger partial charge in [-0.1, -0.05) is 12.1 Å². The van der Waals surface area contributed by atoms with E-state index in [-0.39, 0.29) is 18.7 Å². The highest BCUT2D eigenvalue weighted by molar-refractivity contribution is 5.72. The van der Waals surface area contributed by atoms with E-state index in [4.69, 9.17) is 18.9 Å². The zero-order valence-electron chi connectivity index (χ0n) is 15.0. The lowest BCUT2D eigenvalue weighted by Crippen LogP contribution is -2.29. The fourth-order valence-electron chi connectivity index (χ4n) is 2.98. The van der Waals surface area contributed by atoms with Crippen LogP contribution in [0.15, 0.2) is 36.4 Å². The third kappa shape index (κ3) is 4.17. The number of esters is 1. The van der Waals surface area contributed by atoms with E-state index in [9.17, 15) is 14.9 Å². The molecule has 8 heteroatoms. The van der Waals surface area contributed by atoms with Gasteiger partial charge >= 0.3 is 5.97 Å². The number of non-ortho nitro benzene ring substituents is 1. The molecule has 0 radical (unpaired) electrons. The maximum absolute atomic E-state index is 12.2. The van der Waals surface area contributed by atoms with Gasteiger partial charge in [-0.2, -0.15) is 0 Å². The number of benzene rings is 2. The molecule has 0 N–H and O–H groups in total. The standard InChI is InChI=1S/C19H19NO7/c1-24-16-7-8-17(25-2)15-11-26-19(10-14(15)16)27-18(21)9-12-3-5-13(6-4-12)20(22)23/h3-8,19H,9-11H2,1-2H3. The third-order valence-corrected chi connectivity index (χ3v) is 4.33. The van der Waals surface area contributed by atoms with Crippen molar-refractivity contribution in [3.63, 3.8) is 0 Å². The predicted octanol–water partition coefficient (Wildman–Crippen LogP) is 2.80. The molecule has 1 heterocycles. The highest BCUT2D eigenvalue weighted by Gasteiger charge is 2.27. The Hall–Kier alpha value is -3.13. The summed E-state index contributed by atoms with van der Waals surface area (Å²) < 4.78 is 21.8. The topological polar surface area (TPSA) is 97.1 Å². The molecule has 0 bridgehead atoms. The molecule has 1 atom stereocenters. The van der Waals surface area contributed by atoms with Crippen LogP contribution in [0.4, 0.5) is 5.69 Å². The van der Waals surface area contributed by atoms with Crippen LogP contribution in [0.3, 0.4) is 0 Å². The van der Waals surface area contributed by atoms with E-state index in [1.165, 1.54) is 24.3 Å². The molecule has 0 saturated carbocycles. The van der Waals surface area contributed by atoms with Crippen LogP contribution in [0, 0.1) is 10.1 Å². The minimum absolute atomic E-state index is 0.0000425. The van der Waals surface area contributed by atoms with Crippen LogP contribution in [0.2, 0.25) is 0 Å². The van der Waals surface area contributed by atoms with E-state index in [0.29, 0.717) is 23.5 Å². The van der Waals surface area contributed by atoms with Crippen LogP contribution in [0.25, 0.3) is 0 Å². The average Bonchev–Trinajstić information content (AvgIpc) is 2.67. The van der Waals surface area contributed by atoms with Crippen molar-refractivity contribution in [2.24, 2.45) is 0 Å². The van der Waals surface area contributed by atoms with E-state index >= 15 is 0 Å². The first kappa shape index (κ1) is 18.7. The number of hydrogen-bond acceptors (Lipinski definition) is 7. The summed E-state index contributed by atoms with van der Waals surface area (Å²) >= 11 is 0. The molecule has 0 amide bonds. The van der Waals surface area contributed by atoms with Crippen molar-refractivity contribution in [1.29, 1.82) is 0 Å². The Kier molecular flexibility index (Phi) is 5.56. The maximum Gasteiger partial charge on any atom is 0.312 e. The number of nitro benzene ring substituents is 1. The van der Waals surface area contributed by atoms with Crippen LogP contribution in [-0.4, -0.2) is 31.4 Å². The highest BCUT2D eigenvalue weighted by Crippen LogP contribution is 2.35. The van der Waals surface area contributed by atoms with Crippen molar-refractivity contribution < 1.29 is 28.7 Å². The van der Waals surface area contributed by atoms with Gasteiger partial charge < -0.3 is 18.9 Å². The Labute approximate surface area is 155 Å². The summed E-state index contributed by atoms with van der Waals surface area (Å²) in [6.07, 6.45) is -0.383. The highest BCUT2D eigenvalue weighted by atomic mass is 16.7. The minimum Gasteiger partial charge on any atom is -0.496 e. The van der Waals surface area contributed by atoms with Crippen molar-refractivity contribution in [3.8, 4) is 11.5 Å². The summed E-state index contributed by atoms with van der Waals surface area (Å²) in [7, 11) is 3.16. The molecule has 2 aromatic carbocycles. The van der Waals surface area contributed by atoms with E-state index in [1.54, 1.807) is 20.3 Å². The van der Waals surface area contributed by atoms with Crippen LogP contribution < -0.4 is 9.47 Å². The smallest absolute Gasteiger partial charge is 0.312 e. The number of carbonyl (C=O) groups is 1. The Bertz CT molecular complexity index is 848. The molecule has 0 saturated heterocycles. The fourth-order valence-corrected chi connectivity index (χ4v) is 2.98. The van der Waals surface area contributed by atoms with Gasteiger partial charge in [0, 0.05) is 29.7 Å². The first-order chi connectivity index (χ1) is 13.0. The van der Waals surface area contributed by atoms with Crippen molar-refractivity contribution >= 4 is 11.7 Å². The van der Waals surface area contributed by atoms with Crippen LogP contribution in [0.5, 0.6) is 11.5 Å². The van der Waals surface area contributed by atoms with Gasteiger partial charge in [-0.3, -0.25) is 14.9 Å². The largest absolute Gasteiger partial charge is 0.496 e. The number of fused-ring (bicyclic) bond motifs is 1. The van der Waals surface area contributed by atoms with E-state index in [0.717, 1.165) is 11.1 Å². The molecule has 8 nitrogen and oxygen atoms in total. The first-order valence-corrected chi connectivity index (χ1v) is 8.29. The van der Waals surface area contributed by atoms with Gasteiger partial charge in [-0.25, -0.2) is 0 Å². The van der Waals surface area contributed by atoms with Crippen molar-refractivity contribution in [1.82, 2.24) is 0 Å². The lowest BCUT2D eigenvalue weighted by molar-refractivity contribution is -0.384. The van der Waals surface area contributed by atoms with Gasteiger partial charge in [0.05, 0.1) is 32.2 Å². The monoisotopic (exact) mass is 373 g/mol. The Morgan fingerprint density at radius 2 is 1.74 bits per heavy atom. The number of nitrogens with zero attached hydrogens (tertiary/aromatic N) is 1. The van der Waals surface area contributed by atoms with E-state index in [2.05, 4.69) is 0 Å². The SMILES string of the molecule is COc1ccc(OC)c2c1COC(OC(=O)Cc1ccc([N+](=O)[O-])cc1)C2. The molecule has 142 valence electrons. The van der Waals surface area contributed by atoms with Crippen molar-refractivity contribution in [2.45, 2.75) is 25.7 Å². The molecule has 0 aromatic heterocycles.